The van der Waals surface area contributed by atoms with Crippen LogP contribution in [0.15, 0.2) is 16.2 Å². The molecule has 0 radical (unpaired) electrons. The topological polar surface area (TPSA) is 68.0 Å². The summed E-state index contributed by atoms with van der Waals surface area (Å²) < 4.78 is 5.21. The van der Waals surface area contributed by atoms with Gasteiger partial charge in [0.15, 0.2) is 5.82 Å². The van der Waals surface area contributed by atoms with Crippen LogP contribution in [-0.2, 0) is 10.3 Å². The maximum absolute atomic E-state index is 12.8. The van der Waals surface area contributed by atoms with Gasteiger partial charge in [0.05, 0.1) is 0 Å². The molecule has 0 aromatic carbocycles. The highest BCUT2D eigenvalue weighted by Crippen LogP contribution is 2.48. The van der Waals surface area contributed by atoms with Crippen molar-refractivity contribution in [3.63, 3.8) is 0 Å². The van der Waals surface area contributed by atoms with E-state index in [1.54, 1.807) is 6.92 Å². The van der Waals surface area contributed by atoms with Gasteiger partial charge in [-0.05, 0) is 50.4 Å². The van der Waals surface area contributed by atoms with Gasteiger partial charge in [-0.2, -0.15) is 4.98 Å². The molecule has 0 unspecified atom stereocenters. The normalized spacial score (nSPS) is 23.4. The second kappa shape index (κ2) is 6.34. The molecule has 0 spiro atoms. The van der Waals surface area contributed by atoms with E-state index in [2.05, 4.69) is 15.5 Å². The van der Waals surface area contributed by atoms with Crippen molar-refractivity contribution in [1.82, 2.24) is 15.5 Å². The average molecular weight is 329 g/mol. The summed E-state index contributed by atoms with van der Waals surface area (Å²) in [5.74, 6) is 2.59. The minimum atomic E-state index is -0.458. The van der Waals surface area contributed by atoms with Crippen molar-refractivity contribution in [1.29, 1.82) is 0 Å². The third-order valence-corrected chi connectivity index (χ3v) is 5.67. The molecule has 5 heteroatoms. The zero-order valence-corrected chi connectivity index (χ0v) is 14.5. The molecule has 24 heavy (non-hydrogen) atoms. The maximum Gasteiger partial charge on any atom is 0.244 e. The number of carbonyl (C=O) groups is 1. The Morgan fingerprint density at radius 1 is 1.12 bits per heavy atom. The highest BCUT2D eigenvalue weighted by Gasteiger charge is 2.40. The number of carbonyl (C=O) groups excluding carboxylic acids is 1. The molecule has 3 aliphatic rings. The molecule has 130 valence electrons. The number of aryl methyl sites for hydroxylation is 1. The molecular weight excluding hydrogens is 302 g/mol. The van der Waals surface area contributed by atoms with E-state index in [1.807, 2.05) is 6.08 Å². The number of aromatic nitrogens is 2. The molecule has 1 aromatic rings. The van der Waals surface area contributed by atoms with Crippen molar-refractivity contribution < 1.29 is 9.32 Å². The van der Waals surface area contributed by atoms with Crippen LogP contribution in [0.1, 0.15) is 75.9 Å². The Hall–Kier alpha value is -1.65. The van der Waals surface area contributed by atoms with Gasteiger partial charge in [-0.25, -0.2) is 0 Å². The van der Waals surface area contributed by atoms with E-state index in [4.69, 9.17) is 4.52 Å². The van der Waals surface area contributed by atoms with Gasteiger partial charge in [0.2, 0.25) is 11.8 Å². The lowest BCUT2D eigenvalue weighted by Crippen LogP contribution is -2.46. The Morgan fingerprint density at radius 2 is 1.75 bits per heavy atom. The number of hydrogen-bond donors (Lipinski definition) is 1. The SMILES string of the molecule is Cc1nc(C2(NC(=O)C=C(C3CC3)C3CC3)CCCCCC2)no1. The van der Waals surface area contributed by atoms with Crippen molar-refractivity contribution in [2.24, 2.45) is 11.8 Å². The quantitative estimate of drug-likeness (QED) is 0.659. The molecule has 3 saturated carbocycles. The van der Waals surface area contributed by atoms with E-state index >= 15 is 0 Å². The molecule has 5 nitrogen and oxygen atoms in total. The summed E-state index contributed by atoms with van der Waals surface area (Å²) in [4.78, 5) is 17.3. The lowest BCUT2D eigenvalue weighted by molar-refractivity contribution is -0.118. The fourth-order valence-electron chi connectivity index (χ4n) is 4.06. The average Bonchev–Trinajstić information content (AvgIpc) is 3.46. The summed E-state index contributed by atoms with van der Waals surface area (Å²) in [5, 5.41) is 7.46. The molecule has 3 aliphatic carbocycles. The number of nitrogens with zero attached hydrogens (tertiary/aromatic N) is 2. The van der Waals surface area contributed by atoms with Crippen molar-refractivity contribution in [2.75, 3.05) is 0 Å². The van der Waals surface area contributed by atoms with Crippen molar-refractivity contribution in [3.8, 4) is 0 Å². The van der Waals surface area contributed by atoms with Crippen LogP contribution in [0.5, 0.6) is 0 Å². The largest absolute Gasteiger partial charge is 0.340 e. The Morgan fingerprint density at radius 3 is 2.25 bits per heavy atom. The first kappa shape index (κ1) is 15.9. The summed E-state index contributed by atoms with van der Waals surface area (Å²) in [5.41, 5.74) is 0.931. The molecule has 1 heterocycles. The van der Waals surface area contributed by atoms with E-state index in [-0.39, 0.29) is 5.91 Å². The van der Waals surface area contributed by atoms with Crippen LogP contribution in [0.2, 0.25) is 0 Å². The van der Waals surface area contributed by atoms with Crippen LogP contribution >= 0.6 is 0 Å². The van der Waals surface area contributed by atoms with Gasteiger partial charge in [-0.3, -0.25) is 4.79 Å². The van der Waals surface area contributed by atoms with Gasteiger partial charge in [0.25, 0.3) is 0 Å². The Balaban J connectivity index is 1.56. The summed E-state index contributed by atoms with van der Waals surface area (Å²) in [7, 11) is 0. The molecule has 1 amide bonds. The third kappa shape index (κ3) is 3.40. The second-order valence-corrected chi connectivity index (χ2v) is 7.82. The van der Waals surface area contributed by atoms with E-state index in [0.717, 1.165) is 25.7 Å². The fraction of sp³-hybridized carbons (Fsp3) is 0.737. The van der Waals surface area contributed by atoms with Crippen LogP contribution in [0.3, 0.4) is 0 Å². The van der Waals surface area contributed by atoms with Crippen LogP contribution in [0, 0.1) is 18.8 Å². The fourth-order valence-corrected chi connectivity index (χ4v) is 4.06. The number of amides is 1. The molecule has 4 rings (SSSR count). The Bertz CT molecular complexity index is 619. The van der Waals surface area contributed by atoms with Gasteiger partial charge >= 0.3 is 0 Å². The standard InChI is InChI=1S/C19H27N3O2/c1-13-20-18(22-24-13)19(10-4-2-3-5-11-19)21-17(23)12-16(14-6-7-14)15-8-9-15/h12,14-15H,2-11H2,1H3,(H,21,23). The maximum atomic E-state index is 12.8. The number of nitrogens with one attached hydrogen (secondary N) is 1. The monoisotopic (exact) mass is 329 g/mol. The lowest BCUT2D eigenvalue weighted by Gasteiger charge is -2.30. The summed E-state index contributed by atoms with van der Waals surface area (Å²) >= 11 is 0. The summed E-state index contributed by atoms with van der Waals surface area (Å²) in [6.07, 6.45) is 13.3. The molecule has 1 N–H and O–H groups in total. The third-order valence-electron chi connectivity index (χ3n) is 5.67. The first-order valence-corrected chi connectivity index (χ1v) is 9.51. The number of hydrogen-bond acceptors (Lipinski definition) is 4. The van der Waals surface area contributed by atoms with Gasteiger partial charge in [0.1, 0.15) is 5.54 Å². The minimum Gasteiger partial charge on any atom is -0.340 e. The minimum absolute atomic E-state index is 0.0353. The van der Waals surface area contributed by atoms with Crippen LogP contribution in [-0.4, -0.2) is 16.0 Å². The predicted octanol–water partition coefficient (Wildman–Crippen LogP) is 3.79. The zero-order valence-electron chi connectivity index (χ0n) is 14.5. The van der Waals surface area contributed by atoms with Crippen molar-refractivity contribution >= 4 is 5.91 Å². The highest BCUT2D eigenvalue weighted by molar-refractivity contribution is 5.89. The van der Waals surface area contributed by atoms with Gasteiger partial charge in [-0.15, -0.1) is 0 Å². The van der Waals surface area contributed by atoms with Crippen LogP contribution < -0.4 is 5.32 Å². The second-order valence-electron chi connectivity index (χ2n) is 7.82. The smallest absolute Gasteiger partial charge is 0.244 e. The van der Waals surface area contributed by atoms with E-state index < -0.39 is 5.54 Å². The number of rotatable bonds is 5. The van der Waals surface area contributed by atoms with Crippen LogP contribution in [0.4, 0.5) is 0 Å². The van der Waals surface area contributed by atoms with E-state index in [0.29, 0.717) is 23.6 Å². The zero-order chi connectivity index (χ0) is 16.6. The van der Waals surface area contributed by atoms with Crippen molar-refractivity contribution in [3.05, 3.63) is 23.4 Å². The van der Waals surface area contributed by atoms with E-state index in [9.17, 15) is 4.79 Å². The van der Waals surface area contributed by atoms with Gasteiger partial charge in [-0.1, -0.05) is 36.4 Å². The molecule has 3 fully saturated rings. The van der Waals surface area contributed by atoms with Gasteiger partial charge < -0.3 is 9.84 Å². The van der Waals surface area contributed by atoms with Gasteiger partial charge in [0, 0.05) is 13.0 Å². The first-order valence-electron chi connectivity index (χ1n) is 9.51. The molecule has 0 bridgehead atoms. The first-order chi connectivity index (χ1) is 11.7. The molecule has 0 saturated heterocycles. The molecule has 0 aliphatic heterocycles. The van der Waals surface area contributed by atoms with Crippen molar-refractivity contribution in [2.45, 2.75) is 76.7 Å². The predicted molar refractivity (Wildman–Crippen MR) is 90.1 cm³/mol. The molecule has 0 atom stereocenters. The number of allylic oxidation sites excluding steroid dienone is 1. The van der Waals surface area contributed by atoms with E-state index in [1.165, 1.54) is 44.1 Å². The lowest BCUT2D eigenvalue weighted by atomic mass is 9.89. The molecular formula is C19H27N3O2. The summed E-state index contributed by atoms with van der Waals surface area (Å²) in [6, 6.07) is 0. The Labute approximate surface area is 143 Å². The van der Waals surface area contributed by atoms with Crippen LogP contribution in [0.25, 0.3) is 0 Å². The highest BCUT2D eigenvalue weighted by atomic mass is 16.5. The Kier molecular flexibility index (Phi) is 4.19. The summed E-state index contributed by atoms with van der Waals surface area (Å²) in [6.45, 7) is 1.81. The molecule has 1 aromatic heterocycles.